The van der Waals surface area contributed by atoms with Gasteiger partial charge in [0.15, 0.2) is 11.5 Å². The van der Waals surface area contributed by atoms with E-state index in [1.54, 1.807) is 7.11 Å². The molecule has 2 N–H and O–H groups in total. The Balaban J connectivity index is 2.82. The molecular weight excluding hydrogens is 252 g/mol. The molecule has 102 valence electrons. The molecule has 0 amide bonds. The molecule has 18 heavy (non-hydrogen) atoms. The fraction of sp³-hybridized carbons (Fsp3) is 0.538. The largest absolute Gasteiger partial charge is 0.493 e. The summed E-state index contributed by atoms with van der Waals surface area (Å²) in [5, 5.41) is 0.566. The highest BCUT2D eigenvalue weighted by Crippen LogP contribution is 2.36. The minimum absolute atomic E-state index is 0.566. The first-order chi connectivity index (χ1) is 8.58. The maximum atomic E-state index is 6.20. The Morgan fingerprint density at radius 1 is 1.33 bits per heavy atom. The van der Waals surface area contributed by atoms with Crippen LogP contribution in [0.2, 0.25) is 5.02 Å². The quantitative estimate of drug-likeness (QED) is 0.822. The monoisotopic (exact) mass is 272 g/mol. The SMILES string of the molecule is COc1cc(CCN)cc(Cl)c1OCCN(C)C. The molecule has 1 aromatic carbocycles. The van der Waals surface area contributed by atoms with Crippen molar-refractivity contribution in [3.63, 3.8) is 0 Å². The zero-order valence-corrected chi connectivity index (χ0v) is 12.0. The number of rotatable bonds is 7. The highest BCUT2D eigenvalue weighted by atomic mass is 35.5. The third kappa shape index (κ3) is 4.37. The zero-order valence-electron chi connectivity index (χ0n) is 11.2. The molecule has 0 saturated carbocycles. The Morgan fingerprint density at radius 3 is 2.61 bits per heavy atom. The topological polar surface area (TPSA) is 47.7 Å². The molecule has 0 aliphatic carbocycles. The summed E-state index contributed by atoms with van der Waals surface area (Å²) in [5.74, 6) is 1.26. The molecule has 0 aliphatic rings. The van der Waals surface area contributed by atoms with Crippen LogP contribution in [0.15, 0.2) is 12.1 Å². The summed E-state index contributed by atoms with van der Waals surface area (Å²) in [6, 6.07) is 3.80. The highest BCUT2D eigenvalue weighted by molar-refractivity contribution is 6.32. The molecule has 1 aromatic rings. The summed E-state index contributed by atoms with van der Waals surface area (Å²) >= 11 is 6.20. The maximum Gasteiger partial charge on any atom is 0.179 e. The van der Waals surface area contributed by atoms with Gasteiger partial charge in [-0.2, -0.15) is 0 Å². The van der Waals surface area contributed by atoms with Crippen LogP contribution < -0.4 is 15.2 Å². The van der Waals surface area contributed by atoms with Gasteiger partial charge in [-0.3, -0.25) is 0 Å². The summed E-state index contributed by atoms with van der Waals surface area (Å²) in [6.45, 7) is 1.98. The molecule has 0 heterocycles. The highest BCUT2D eigenvalue weighted by Gasteiger charge is 2.11. The summed E-state index contributed by atoms with van der Waals surface area (Å²) in [5.41, 5.74) is 6.59. The van der Waals surface area contributed by atoms with Crippen molar-refractivity contribution in [1.29, 1.82) is 0 Å². The van der Waals surface area contributed by atoms with E-state index in [1.165, 1.54) is 0 Å². The lowest BCUT2D eigenvalue weighted by Crippen LogP contribution is -2.19. The normalized spacial score (nSPS) is 10.8. The second-order valence-corrected chi connectivity index (χ2v) is 4.71. The van der Waals surface area contributed by atoms with Gasteiger partial charge >= 0.3 is 0 Å². The smallest absolute Gasteiger partial charge is 0.179 e. The van der Waals surface area contributed by atoms with E-state index in [9.17, 15) is 0 Å². The van der Waals surface area contributed by atoms with Gasteiger partial charge < -0.3 is 20.1 Å². The van der Waals surface area contributed by atoms with Gasteiger partial charge in [0.1, 0.15) is 6.61 Å². The Hall–Kier alpha value is -0.970. The van der Waals surface area contributed by atoms with Crippen LogP contribution in [-0.2, 0) is 6.42 Å². The van der Waals surface area contributed by atoms with Gasteiger partial charge in [0.05, 0.1) is 12.1 Å². The number of methoxy groups -OCH3 is 1. The van der Waals surface area contributed by atoms with Gasteiger partial charge in [-0.15, -0.1) is 0 Å². The Kier molecular flexibility index (Phi) is 6.25. The Labute approximate surface area is 114 Å². The number of ether oxygens (including phenoxy) is 2. The minimum atomic E-state index is 0.566. The van der Waals surface area contributed by atoms with E-state index in [1.807, 2.05) is 31.1 Å². The lowest BCUT2D eigenvalue weighted by atomic mass is 10.1. The van der Waals surface area contributed by atoms with Crippen LogP contribution in [0.4, 0.5) is 0 Å². The number of halogens is 1. The van der Waals surface area contributed by atoms with Crippen molar-refractivity contribution in [2.75, 3.05) is 40.9 Å². The summed E-state index contributed by atoms with van der Waals surface area (Å²) in [7, 11) is 5.59. The van der Waals surface area contributed by atoms with E-state index in [4.69, 9.17) is 26.8 Å². The zero-order chi connectivity index (χ0) is 13.5. The van der Waals surface area contributed by atoms with E-state index in [0.717, 1.165) is 18.5 Å². The molecule has 0 spiro atoms. The molecule has 0 radical (unpaired) electrons. The van der Waals surface area contributed by atoms with Gasteiger partial charge in [0.25, 0.3) is 0 Å². The molecule has 0 bridgehead atoms. The van der Waals surface area contributed by atoms with Crippen molar-refractivity contribution >= 4 is 11.6 Å². The Bertz CT molecular complexity index is 383. The fourth-order valence-electron chi connectivity index (χ4n) is 1.55. The number of nitrogens with two attached hydrogens (primary N) is 1. The summed E-state index contributed by atoms with van der Waals surface area (Å²) in [6.07, 6.45) is 0.772. The minimum Gasteiger partial charge on any atom is -0.493 e. The molecule has 0 saturated heterocycles. The van der Waals surface area contributed by atoms with Gasteiger partial charge in [0, 0.05) is 6.54 Å². The number of likely N-dealkylation sites (N-methyl/N-ethyl adjacent to an activating group) is 1. The van der Waals surface area contributed by atoms with Crippen molar-refractivity contribution in [3.05, 3.63) is 22.7 Å². The second kappa shape index (κ2) is 7.46. The second-order valence-electron chi connectivity index (χ2n) is 4.30. The predicted molar refractivity (Wildman–Crippen MR) is 74.8 cm³/mol. The van der Waals surface area contributed by atoms with Crippen LogP contribution in [0, 0.1) is 0 Å². The van der Waals surface area contributed by atoms with Gasteiger partial charge in [0.2, 0.25) is 0 Å². The average molecular weight is 273 g/mol. The predicted octanol–water partition coefficient (Wildman–Crippen LogP) is 1.79. The van der Waals surface area contributed by atoms with Crippen molar-refractivity contribution < 1.29 is 9.47 Å². The van der Waals surface area contributed by atoms with Crippen molar-refractivity contribution in [2.24, 2.45) is 5.73 Å². The summed E-state index contributed by atoms with van der Waals surface area (Å²) in [4.78, 5) is 2.04. The molecule has 0 unspecified atom stereocenters. The molecule has 1 rings (SSSR count). The number of hydrogen-bond donors (Lipinski definition) is 1. The Morgan fingerprint density at radius 2 is 2.06 bits per heavy atom. The molecular formula is C13H21ClN2O2. The molecule has 4 nitrogen and oxygen atoms in total. The van der Waals surface area contributed by atoms with Crippen molar-refractivity contribution in [2.45, 2.75) is 6.42 Å². The molecule has 0 aliphatic heterocycles. The van der Waals surface area contributed by atoms with Crippen LogP contribution >= 0.6 is 11.6 Å². The lowest BCUT2D eigenvalue weighted by Gasteiger charge is -2.15. The molecule has 0 atom stereocenters. The third-order valence-corrected chi connectivity index (χ3v) is 2.79. The van der Waals surface area contributed by atoms with E-state index in [2.05, 4.69) is 0 Å². The standard InChI is InChI=1S/C13H21ClN2O2/c1-16(2)6-7-18-13-11(14)8-10(4-5-15)9-12(13)17-3/h8-9H,4-7,15H2,1-3H3. The van der Waals surface area contributed by atoms with Gasteiger partial charge in [-0.1, -0.05) is 11.6 Å². The van der Waals surface area contributed by atoms with Crippen LogP contribution in [0.5, 0.6) is 11.5 Å². The van der Waals surface area contributed by atoms with Gasteiger partial charge in [-0.05, 0) is 44.8 Å². The van der Waals surface area contributed by atoms with Crippen LogP contribution in [0.3, 0.4) is 0 Å². The first-order valence-corrected chi connectivity index (χ1v) is 6.30. The van der Waals surface area contributed by atoms with Crippen LogP contribution in [-0.4, -0.2) is 45.8 Å². The third-order valence-electron chi connectivity index (χ3n) is 2.51. The van der Waals surface area contributed by atoms with E-state index in [-0.39, 0.29) is 0 Å². The van der Waals surface area contributed by atoms with E-state index >= 15 is 0 Å². The van der Waals surface area contributed by atoms with Crippen LogP contribution in [0.25, 0.3) is 0 Å². The van der Waals surface area contributed by atoms with Crippen molar-refractivity contribution in [3.8, 4) is 11.5 Å². The number of benzene rings is 1. The average Bonchev–Trinajstić information content (AvgIpc) is 2.31. The first-order valence-electron chi connectivity index (χ1n) is 5.92. The van der Waals surface area contributed by atoms with Crippen LogP contribution in [0.1, 0.15) is 5.56 Å². The van der Waals surface area contributed by atoms with Crippen molar-refractivity contribution in [1.82, 2.24) is 4.90 Å². The molecule has 0 fully saturated rings. The number of nitrogens with zero attached hydrogens (tertiary/aromatic N) is 1. The van der Waals surface area contributed by atoms with E-state index < -0.39 is 0 Å². The summed E-state index contributed by atoms with van der Waals surface area (Å²) < 4.78 is 11.0. The molecule has 0 aromatic heterocycles. The fourth-order valence-corrected chi connectivity index (χ4v) is 1.84. The van der Waals surface area contributed by atoms with E-state index in [0.29, 0.717) is 29.7 Å². The first kappa shape index (κ1) is 15.1. The molecule has 5 heteroatoms. The maximum absolute atomic E-state index is 6.20. The lowest BCUT2D eigenvalue weighted by molar-refractivity contribution is 0.251. The number of hydrogen-bond acceptors (Lipinski definition) is 4. The van der Waals surface area contributed by atoms with Gasteiger partial charge in [-0.25, -0.2) is 0 Å².